The fraction of sp³-hybridized carbons (Fsp3) is 0.261. The highest BCUT2D eigenvalue weighted by Crippen LogP contribution is 2.48. The number of fused-ring (bicyclic) bond motifs is 1. The molecule has 0 amide bonds. The van der Waals surface area contributed by atoms with Crippen molar-refractivity contribution in [2.75, 3.05) is 16.8 Å². The minimum Gasteiger partial charge on any atom is -0.347 e. The topological polar surface area (TPSA) is 141 Å². The van der Waals surface area contributed by atoms with Crippen molar-refractivity contribution in [3.8, 4) is 0 Å². The smallest absolute Gasteiger partial charge is 0.294 e. The molecule has 4 N–H and O–H groups in total. The van der Waals surface area contributed by atoms with E-state index in [-0.39, 0.29) is 9.79 Å². The van der Waals surface area contributed by atoms with Crippen LogP contribution in [0.4, 0.5) is 17.1 Å². The molecule has 11 heteroatoms. The highest BCUT2D eigenvalue weighted by Gasteiger charge is 2.39. The molecular formula is C46H51N3O6S2. The predicted molar refractivity (Wildman–Crippen MR) is 230 cm³/mol. The van der Waals surface area contributed by atoms with Gasteiger partial charge in [0.1, 0.15) is 0 Å². The van der Waals surface area contributed by atoms with Crippen molar-refractivity contribution in [1.29, 1.82) is 0 Å². The third-order valence-corrected chi connectivity index (χ3v) is 13.1. The van der Waals surface area contributed by atoms with Gasteiger partial charge in [-0.05, 0) is 126 Å². The molecule has 0 unspecified atom stereocenters. The summed E-state index contributed by atoms with van der Waals surface area (Å²) < 4.78 is 68.0. The summed E-state index contributed by atoms with van der Waals surface area (Å²) in [6, 6.07) is 27.8. The first-order valence-electron chi connectivity index (χ1n) is 18.9. The molecular weight excluding hydrogens is 755 g/mol. The number of nitrogens with two attached hydrogens (primary N) is 1. The molecule has 0 bridgehead atoms. The van der Waals surface area contributed by atoms with E-state index in [9.17, 15) is 25.9 Å². The van der Waals surface area contributed by atoms with Crippen LogP contribution in [-0.2, 0) is 37.6 Å². The van der Waals surface area contributed by atoms with Crippen molar-refractivity contribution in [3.05, 3.63) is 172 Å². The van der Waals surface area contributed by atoms with Gasteiger partial charge in [0, 0.05) is 47.2 Å². The van der Waals surface area contributed by atoms with E-state index in [4.69, 9.17) is 5.73 Å². The fourth-order valence-corrected chi connectivity index (χ4v) is 8.98. The maximum atomic E-state index is 12.1. The van der Waals surface area contributed by atoms with Gasteiger partial charge >= 0.3 is 0 Å². The molecule has 0 radical (unpaired) electrons. The molecule has 0 atom stereocenters. The van der Waals surface area contributed by atoms with Gasteiger partial charge in [-0.15, -0.1) is 0 Å². The molecule has 0 saturated carbocycles. The van der Waals surface area contributed by atoms with Crippen LogP contribution in [0.2, 0.25) is 0 Å². The summed E-state index contributed by atoms with van der Waals surface area (Å²) in [7, 11) is -6.82. The third kappa shape index (κ3) is 8.35. The Balaban J connectivity index is 1.52. The normalized spacial score (nSPS) is 17.5. The first-order chi connectivity index (χ1) is 26.7. The lowest BCUT2D eigenvalue weighted by atomic mass is 9.76. The van der Waals surface area contributed by atoms with Crippen molar-refractivity contribution >= 4 is 37.3 Å². The van der Waals surface area contributed by atoms with Crippen LogP contribution < -0.4 is 15.5 Å². The minimum absolute atomic E-state index is 0.138. The average Bonchev–Trinajstić information content (AvgIpc) is 3.36. The Bertz CT molecular complexity index is 2570. The Morgan fingerprint density at radius 3 is 2.12 bits per heavy atom. The molecule has 4 aromatic carbocycles. The Morgan fingerprint density at radius 1 is 0.877 bits per heavy atom. The van der Waals surface area contributed by atoms with Gasteiger partial charge in [-0.3, -0.25) is 9.11 Å². The maximum Gasteiger partial charge on any atom is 0.294 e. The molecule has 9 nitrogen and oxygen atoms in total. The van der Waals surface area contributed by atoms with Crippen molar-refractivity contribution < 1.29 is 25.9 Å². The largest absolute Gasteiger partial charge is 0.347 e. The lowest BCUT2D eigenvalue weighted by Crippen LogP contribution is -2.24. The van der Waals surface area contributed by atoms with E-state index in [0.717, 1.165) is 86.7 Å². The van der Waals surface area contributed by atoms with E-state index in [1.54, 1.807) is 18.2 Å². The van der Waals surface area contributed by atoms with Crippen LogP contribution in [0.1, 0.15) is 69.2 Å². The first kappa shape index (κ1) is 41.6. The van der Waals surface area contributed by atoms with Gasteiger partial charge in [0.25, 0.3) is 20.2 Å². The molecule has 4 aromatic rings. The summed E-state index contributed by atoms with van der Waals surface area (Å²) in [5.74, 6) is 0. The second kappa shape index (κ2) is 15.7. The number of para-hydroxylation sites is 1. The molecule has 298 valence electrons. The Hall–Kier alpha value is -5.04. The molecule has 0 aromatic heterocycles. The van der Waals surface area contributed by atoms with E-state index in [0.29, 0.717) is 6.54 Å². The van der Waals surface area contributed by atoms with Crippen LogP contribution in [0, 0.1) is 6.92 Å². The molecule has 0 fully saturated rings. The van der Waals surface area contributed by atoms with E-state index in [2.05, 4.69) is 72.7 Å². The Kier molecular flexibility index (Phi) is 11.5. The molecule has 1 aliphatic carbocycles. The first-order valence-corrected chi connectivity index (χ1v) is 21.7. The number of allylic oxidation sites excluding steroid dienone is 8. The monoisotopic (exact) mass is 805 g/mol. The van der Waals surface area contributed by atoms with Gasteiger partial charge in [-0.25, -0.2) is 0 Å². The summed E-state index contributed by atoms with van der Waals surface area (Å²) in [6.45, 7) is 14.9. The second-order valence-corrected chi connectivity index (χ2v) is 18.6. The van der Waals surface area contributed by atoms with Crippen molar-refractivity contribution in [1.82, 2.24) is 0 Å². The molecule has 0 spiro atoms. The predicted octanol–water partition coefficient (Wildman–Crippen LogP) is 9.85. The zero-order valence-corrected chi connectivity index (χ0v) is 35.0. The van der Waals surface area contributed by atoms with E-state index < -0.39 is 31.1 Å². The number of rotatable bonds is 11. The molecule has 0 saturated heterocycles. The van der Waals surface area contributed by atoms with Crippen molar-refractivity contribution in [2.45, 2.75) is 81.0 Å². The molecule has 6 rings (SSSR count). The highest BCUT2D eigenvalue weighted by molar-refractivity contribution is 7.86. The third-order valence-electron chi connectivity index (χ3n) is 11.4. The molecule has 1 aliphatic heterocycles. The molecule has 57 heavy (non-hydrogen) atoms. The number of anilines is 3. The average molecular weight is 806 g/mol. The number of hydrogen-bond donors (Lipinski definition) is 3. The SMILES string of the molecule is C=C(/C=C/C1=C(N(c2ccccc2)c2ccc(CN)cc2)C(=C/C=C2\N(C)c3ccc(S(=O)(=O)O)cc3C2(C)C)/CCC1)C(C)(C)c1cc(S(=O)(=O)O)ccc1C. The number of aryl methyl sites for hydroxylation is 1. The Morgan fingerprint density at radius 2 is 1.49 bits per heavy atom. The summed E-state index contributed by atoms with van der Waals surface area (Å²) in [5, 5.41) is 0. The number of benzene rings is 4. The quantitative estimate of drug-likeness (QED) is 0.0998. The van der Waals surface area contributed by atoms with E-state index >= 15 is 0 Å². The zero-order valence-electron chi connectivity index (χ0n) is 33.3. The van der Waals surface area contributed by atoms with Crippen LogP contribution in [-0.4, -0.2) is 33.0 Å². The lowest BCUT2D eigenvalue weighted by Gasteiger charge is -2.34. The maximum absolute atomic E-state index is 12.1. The van der Waals surface area contributed by atoms with Gasteiger partial charge in [0.15, 0.2) is 0 Å². The van der Waals surface area contributed by atoms with Gasteiger partial charge in [0.05, 0.1) is 15.5 Å². The van der Waals surface area contributed by atoms with Crippen LogP contribution in [0.3, 0.4) is 0 Å². The van der Waals surface area contributed by atoms with Gasteiger partial charge in [0.2, 0.25) is 0 Å². The number of nitrogens with zero attached hydrogens (tertiary/aromatic N) is 2. The van der Waals surface area contributed by atoms with Crippen LogP contribution >= 0.6 is 0 Å². The standard InChI is InChI=1S/C46H51N3O6S2/c1-31-16-24-38(56(50,51)52)28-40(31)45(3,4)32(2)17-20-34-12-11-13-35(44(34)49(36-14-9-8-10-15-36)37-22-18-33(30-47)19-23-37)21-27-43-46(5,6)41-29-39(57(53,54)55)25-26-42(41)48(43)7/h8-10,14-29H,2,11-13,30,47H2,1,3-7H3,(H,50,51,52)(H,53,54,55)/b20-17+,35-21+,43-27-. The highest BCUT2D eigenvalue weighted by atomic mass is 32.2. The summed E-state index contributed by atoms with van der Waals surface area (Å²) in [6.07, 6.45) is 10.9. The summed E-state index contributed by atoms with van der Waals surface area (Å²) in [5.41, 5.74) is 15.9. The van der Waals surface area contributed by atoms with Crippen LogP contribution in [0.5, 0.6) is 0 Å². The molecule has 1 heterocycles. The number of likely N-dealkylation sites (N-methyl/N-ethyl adjacent to an activating group) is 1. The number of hydrogen-bond acceptors (Lipinski definition) is 7. The minimum atomic E-state index is -4.40. The summed E-state index contributed by atoms with van der Waals surface area (Å²) in [4.78, 5) is 4.04. The van der Waals surface area contributed by atoms with Gasteiger partial charge in [-0.2, -0.15) is 16.8 Å². The van der Waals surface area contributed by atoms with Crippen molar-refractivity contribution in [2.24, 2.45) is 5.73 Å². The van der Waals surface area contributed by atoms with Crippen LogP contribution in [0.15, 0.2) is 160 Å². The van der Waals surface area contributed by atoms with Crippen LogP contribution in [0.25, 0.3) is 0 Å². The molecule has 2 aliphatic rings. The van der Waals surface area contributed by atoms with Crippen molar-refractivity contribution in [3.63, 3.8) is 0 Å². The second-order valence-electron chi connectivity index (χ2n) is 15.8. The Labute approximate surface area is 337 Å². The van der Waals surface area contributed by atoms with Gasteiger partial charge in [-0.1, -0.05) is 88.9 Å². The zero-order chi connectivity index (χ0) is 41.5. The lowest BCUT2D eigenvalue weighted by molar-refractivity contribution is 0.480. The van der Waals surface area contributed by atoms with E-state index in [1.807, 2.05) is 64.2 Å². The fourth-order valence-electron chi connectivity index (χ4n) is 7.96. The summed E-state index contributed by atoms with van der Waals surface area (Å²) >= 11 is 0. The van der Waals surface area contributed by atoms with Gasteiger partial charge < -0.3 is 15.5 Å². The van der Waals surface area contributed by atoms with E-state index in [1.165, 1.54) is 18.2 Å².